The van der Waals surface area contributed by atoms with E-state index in [1.54, 1.807) is 0 Å². The lowest BCUT2D eigenvalue weighted by atomic mass is 9.76. The number of carboxylic acids is 1. The van der Waals surface area contributed by atoms with Gasteiger partial charge in [0.05, 0.1) is 10.8 Å². The Kier molecular flexibility index (Phi) is 4.78. The van der Waals surface area contributed by atoms with Gasteiger partial charge in [0.1, 0.15) is 0 Å². The Bertz CT molecular complexity index is 695. The summed E-state index contributed by atoms with van der Waals surface area (Å²) in [5.41, 5.74) is 2.07. The van der Waals surface area contributed by atoms with Crippen LogP contribution in [0.1, 0.15) is 26.7 Å². The van der Waals surface area contributed by atoms with E-state index in [-0.39, 0.29) is 17.8 Å². The number of rotatable bonds is 4. The van der Waals surface area contributed by atoms with Crippen molar-refractivity contribution in [1.29, 1.82) is 0 Å². The van der Waals surface area contributed by atoms with Crippen molar-refractivity contribution >= 4 is 23.3 Å². The molecule has 1 amide bonds. The number of amides is 1. The van der Waals surface area contributed by atoms with E-state index in [4.69, 9.17) is 0 Å². The van der Waals surface area contributed by atoms with Gasteiger partial charge in [-0.3, -0.25) is 14.9 Å². The maximum Gasteiger partial charge on any atom is 0.271 e. The van der Waals surface area contributed by atoms with Crippen LogP contribution in [-0.2, 0) is 9.59 Å². The maximum atomic E-state index is 12.4. The van der Waals surface area contributed by atoms with Gasteiger partial charge in [-0.25, -0.2) is 0 Å². The Balaban J connectivity index is 2.20. The van der Waals surface area contributed by atoms with E-state index < -0.39 is 28.6 Å². The van der Waals surface area contributed by atoms with E-state index in [9.17, 15) is 24.8 Å². The van der Waals surface area contributed by atoms with Crippen LogP contribution in [0.3, 0.4) is 0 Å². The molecule has 7 heteroatoms. The molecular formula is C16H17N2O5-. The molecule has 0 aromatic heterocycles. The molecule has 1 N–H and O–H groups in total. The lowest BCUT2D eigenvalue weighted by Gasteiger charge is -2.32. The molecule has 0 fully saturated rings. The van der Waals surface area contributed by atoms with Gasteiger partial charge in [0.25, 0.3) is 5.69 Å². The average Bonchev–Trinajstić information content (AvgIpc) is 2.49. The quantitative estimate of drug-likeness (QED) is 0.515. The van der Waals surface area contributed by atoms with Crippen molar-refractivity contribution in [1.82, 2.24) is 0 Å². The fraction of sp³-hybridized carbons (Fsp3) is 0.375. The van der Waals surface area contributed by atoms with Crippen molar-refractivity contribution in [3.05, 3.63) is 45.5 Å². The number of carbonyl (C=O) groups is 2. The van der Waals surface area contributed by atoms with Crippen molar-refractivity contribution in [3.8, 4) is 0 Å². The number of aliphatic carboxylic acids is 1. The lowest BCUT2D eigenvalue weighted by Crippen LogP contribution is -2.42. The summed E-state index contributed by atoms with van der Waals surface area (Å²) in [4.78, 5) is 33.9. The third kappa shape index (κ3) is 3.74. The van der Waals surface area contributed by atoms with E-state index in [1.165, 1.54) is 24.3 Å². The molecule has 1 aromatic carbocycles. The normalized spacial score (nSPS) is 21.0. The molecule has 0 spiro atoms. The number of anilines is 1. The summed E-state index contributed by atoms with van der Waals surface area (Å²) < 4.78 is 0. The van der Waals surface area contributed by atoms with E-state index in [0.29, 0.717) is 6.42 Å². The zero-order valence-electron chi connectivity index (χ0n) is 12.9. The summed E-state index contributed by atoms with van der Waals surface area (Å²) in [7, 11) is 0. The van der Waals surface area contributed by atoms with Crippen LogP contribution in [0.15, 0.2) is 35.4 Å². The van der Waals surface area contributed by atoms with E-state index in [2.05, 4.69) is 5.32 Å². The van der Waals surface area contributed by atoms with Crippen LogP contribution in [0.5, 0.6) is 0 Å². The number of nitro benzene ring substituents is 1. The minimum atomic E-state index is -1.25. The van der Waals surface area contributed by atoms with Gasteiger partial charge in [0, 0.05) is 29.7 Å². The Morgan fingerprint density at radius 2 is 1.78 bits per heavy atom. The van der Waals surface area contributed by atoms with Gasteiger partial charge in [-0.2, -0.15) is 0 Å². The fourth-order valence-electron chi connectivity index (χ4n) is 2.75. The molecule has 0 heterocycles. The monoisotopic (exact) mass is 317 g/mol. The van der Waals surface area contributed by atoms with Gasteiger partial charge < -0.3 is 15.2 Å². The Hall–Kier alpha value is -2.70. The molecule has 23 heavy (non-hydrogen) atoms. The molecule has 0 saturated carbocycles. The number of hydrogen-bond donors (Lipinski definition) is 1. The lowest BCUT2D eigenvalue weighted by molar-refractivity contribution is -0.384. The first-order valence-electron chi connectivity index (χ1n) is 7.21. The number of allylic oxidation sites excluding steroid dienone is 2. The van der Waals surface area contributed by atoms with Gasteiger partial charge in [0.2, 0.25) is 5.91 Å². The van der Waals surface area contributed by atoms with Crippen LogP contribution in [0, 0.1) is 22.0 Å². The zero-order valence-corrected chi connectivity index (χ0v) is 12.9. The summed E-state index contributed by atoms with van der Waals surface area (Å²) >= 11 is 0. The molecule has 7 nitrogen and oxygen atoms in total. The molecule has 1 aliphatic carbocycles. The van der Waals surface area contributed by atoms with Crippen molar-refractivity contribution < 1.29 is 19.6 Å². The minimum Gasteiger partial charge on any atom is -0.550 e. The molecule has 1 aliphatic rings. The highest BCUT2D eigenvalue weighted by Crippen LogP contribution is 2.34. The third-order valence-corrected chi connectivity index (χ3v) is 4.23. The molecule has 2 atom stereocenters. The van der Waals surface area contributed by atoms with Crippen molar-refractivity contribution in [2.75, 3.05) is 5.32 Å². The Morgan fingerprint density at radius 1 is 1.17 bits per heavy atom. The molecule has 122 valence electrons. The maximum absolute atomic E-state index is 12.4. The molecule has 0 unspecified atom stereocenters. The summed E-state index contributed by atoms with van der Waals surface area (Å²) in [6, 6.07) is 5.54. The number of nitrogens with zero attached hydrogens (tertiary/aromatic N) is 1. The van der Waals surface area contributed by atoms with Crippen LogP contribution < -0.4 is 10.4 Å². The predicted octanol–water partition coefficient (Wildman–Crippen LogP) is 1.65. The zero-order chi connectivity index (χ0) is 17.1. The molecule has 0 saturated heterocycles. The first-order chi connectivity index (χ1) is 10.8. The number of benzene rings is 1. The molecular weight excluding hydrogens is 300 g/mol. The third-order valence-electron chi connectivity index (χ3n) is 4.23. The van der Waals surface area contributed by atoms with E-state index in [0.717, 1.165) is 11.1 Å². The van der Waals surface area contributed by atoms with Crippen molar-refractivity contribution in [3.63, 3.8) is 0 Å². The van der Waals surface area contributed by atoms with Gasteiger partial charge in [-0.1, -0.05) is 17.2 Å². The predicted molar refractivity (Wildman–Crippen MR) is 81.3 cm³/mol. The van der Waals surface area contributed by atoms with Gasteiger partial charge in [0.15, 0.2) is 0 Å². The number of carbonyl (C=O) groups excluding carboxylic acids is 2. The van der Waals surface area contributed by atoms with Crippen LogP contribution >= 0.6 is 0 Å². The number of nitrogens with one attached hydrogen (secondary N) is 1. The molecule has 1 aromatic rings. The number of non-ortho nitro benzene ring substituents is 1. The molecule has 0 bridgehead atoms. The number of carboxylic acid groups (broad SMARTS) is 1. The largest absolute Gasteiger partial charge is 0.550 e. The topological polar surface area (TPSA) is 112 Å². The summed E-state index contributed by atoms with van der Waals surface area (Å²) in [5.74, 6) is -3.36. The van der Waals surface area contributed by atoms with E-state index >= 15 is 0 Å². The van der Waals surface area contributed by atoms with Crippen LogP contribution in [0.2, 0.25) is 0 Å². The van der Waals surface area contributed by atoms with Gasteiger partial charge in [-0.05, 0) is 32.8 Å². The number of nitro groups is 1. The highest BCUT2D eigenvalue weighted by Gasteiger charge is 2.33. The summed E-state index contributed by atoms with van der Waals surface area (Å²) in [6.45, 7) is 3.72. The van der Waals surface area contributed by atoms with Crippen LogP contribution in [-0.4, -0.2) is 16.8 Å². The molecule has 2 rings (SSSR count). The Morgan fingerprint density at radius 3 is 2.35 bits per heavy atom. The highest BCUT2D eigenvalue weighted by molar-refractivity contribution is 5.95. The molecule has 0 aliphatic heterocycles. The van der Waals surface area contributed by atoms with Crippen molar-refractivity contribution in [2.45, 2.75) is 26.7 Å². The smallest absolute Gasteiger partial charge is 0.271 e. The SMILES string of the molecule is CC1=C(C)C[C@@H](C(=O)[O-])[C@@H](C(=O)Nc2cccc([N+](=O)[O-])c2)C1. The second-order valence-corrected chi connectivity index (χ2v) is 5.80. The minimum absolute atomic E-state index is 0.144. The first kappa shape index (κ1) is 16.7. The first-order valence-corrected chi connectivity index (χ1v) is 7.21. The Labute approximate surface area is 133 Å². The summed E-state index contributed by atoms with van der Waals surface area (Å²) in [6.07, 6.45) is 0.617. The molecule has 0 radical (unpaired) electrons. The number of hydrogen-bond acceptors (Lipinski definition) is 5. The average molecular weight is 317 g/mol. The standard InChI is InChI=1S/C16H18N2O5/c1-9-6-13(14(16(20)21)7-10(9)2)15(19)17-11-4-3-5-12(8-11)18(22)23/h3-5,8,13-14H,6-7H2,1-2H3,(H,17,19)(H,20,21)/p-1/t13-,14+/m0/s1. The second kappa shape index (κ2) is 6.60. The van der Waals surface area contributed by atoms with E-state index in [1.807, 2.05) is 13.8 Å². The van der Waals surface area contributed by atoms with Crippen LogP contribution in [0.25, 0.3) is 0 Å². The second-order valence-electron chi connectivity index (χ2n) is 5.80. The highest BCUT2D eigenvalue weighted by atomic mass is 16.6. The van der Waals surface area contributed by atoms with Crippen molar-refractivity contribution in [2.24, 2.45) is 11.8 Å². The summed E-state index contributed by atoms with van der Waals surface area (Å²) in [5, 5.41) is 24.6. The fourth-order valence-corrected chi connectivity index (χ4v) is 2.75. The van der Waals surface area contributed by atoms with Gasteiger partial charge >= 0.3 is 0 Å². The van der Waals surface area contributed by atoms with Crippen LogP contribution in [0.4, 0.5) is 11.4 Å². The van der Waals surface area contributed by atoms with Gasteiger partial charge in [-0.15, -0.1) is 0 Å².